The van der Waals surface area contributed by atoms with Gasteiger partial charge >= 0.3 is 5.97 Å². The zero-order chi connectivity index (χ0) is 22.2. The lowest BCUT2D eigenvalue weighted by Gasteiger charge is -2.12. The number of esters is 1. The lowest BCUT2D eigenvalue weighted by Crippen LogP contribution is -2.20. The summed E-state index contributed by atoms with van der Waals surface area (Å²) in [6, 6.07) is 14.2. The van der Waals surface area contributed by atoms with Gasteiger partial charge in [-0.1, -0.05) is 24.3 Å². The van der Waals surface area contributed by atoms with Crippen LogP contribution in [0.4, 0.5) is 11.4 Å². The van der Waals surface area contributed by atoms with Crippen molar-refractivity contribution in [3.05, 3.63) is 66.4 Å². The van der Waals surface area contributed by atoms with Crippen molar-refractivity contribution in [2.24, 2.45) is 0 Å². The average Bonchev–Trinajstić information content (AvgIpc) is 2.76. The molecule has 0 aliphatic rings. The van der Waals surface area contributed by atoms with E-state index in [1.54, 1.807) is 30.5 Å². The van der Waals surface area contributed by atoms with E-state index < -0.39 is 18.5 Å². The van der Waals surface area contributed by atoms with Crippen molar-refractivity contribution >= 4 is 46.1 Å². The third-order valence-corrected chi connectivity index (χ3v) is 4.20. The highest BCUT2D eigenvalue weighted by Crippen LogP contribution is 2.27. The first-order valence-electron chi connectivity index (χ1n) is 9.40. The van der Waals surface area contributed by atoms with E-state index in [2.05, 4.69) is 15.6 Å². The summed E-state index contributed by atoms with van der Waals surface area (Å²) in [5.74, 6) is -1.06. The highest BCUT2D eigenvalue weighted by molar-refractivity contribution is 5.98. The van der Waals surface area contributed by atoms with Gasteiger partial charge in [-0.05, 0) is 30.3 Å². The number of rotatable bonds is 7. The number of nitrogens with one attached hydrogen (secondary N) is 2. The van der Waals surface area contributed by atoms with Crippen molar-refractivity contribution in [1.82, 2.24) is 4.98 Å². The van der Waals surface area contributed by atoms with Crippen LogP contribution < -0.4 is 15.4 Å². The Balaban J connectivity index is 1.60. The van der Waals surface area contributed by atoms with E-state index in [0.717, 1.165) is 16.5 Å². The molecular weight excluding hydrogens is 398 g/mol. The van der Waals surface area contributed by atoms with Crippen LogP contribution in [0.15, 0.2) is 60.8 Å². The molecule has 2 N–H and O–H groups in total. The second-order valence-corrected chi connectivity index (χ2v) is 6.51. The molecule has 0 bridgehead atoms. The fourth-order valence-electron chi connectivity index (χ4n) is 2.88. The van der Waals surface area contributed by atoms with Gasteiger partial charge < -0.3 is 20.1 Å². The molecule has 0 atom stereocenters. The topological polar surface area (TPSA) is 107 Å². The van der Waals surface area contributed by atoms with Gasteiger partial charge in [-0.2, -0.15) is 0 Å². The Hall–Kier alpha value is -4.20. The summed E-state index contributed by atoms with van der Waals surface area (Å²) >= 11 is 0. The Morgan fingerprint density at radius 1 is 1.06 bits per heavy atom. The third-order valence-electron chi connectivity index (χ3n) is 4.20. The number of nitrogens with zero attached hydrogens (tertiary/aromatic N) is 1. The van der Waals surface area contributed by atoms with Crippen LogP contribution in [-0.4, -0.2) is 36.5 Å². The smallest absolute Gasteiger partial charge is 0.331 e. The number of hydrogen-bond acceptors (Lipinski definition) is 6. The summed E-state index contributed by atoms with van der Waals surface area (Å²) in [5.41, 5.74) is 2.36. The molecule has 3 aromatic rings. The molecule has 1 aromatic heterocycles. The Labute approximate surface area is 178 Å². The van der Waals surface area contributed by atoms with Crippen molar-refractivity contribution in [1.29, 1.82) is 0 Å². The number of pyridine rings is 1. The van der Waals surface area contributed by atoms with Crippen LogP contribution in [-0.2, 0) is 19.1 Å². The van der Waals surface area contributed by atoms with Crippen molar-refractivity contribution in [3.63, 3.8) is 0 Å². The van der Waals surface area contributed by atoms with Gasteiger partial charge in [0.25, 0.3) is 5.91 Å². The normalized spacial score (nSPS) is 10.6. The number of fused-ring (bicyclic) bond motifs is 1. The van der Waals surface area contributed by atoms with Crippen molar-refractivity contribution in [2.75, 3.05) is 24.4 Å². The van der Waals surface area contributed by atoms with Gasteiger partial charge in [0.2, 0.25) is 5.91 Å². The maximum atomic E-state index is 12.2. The number of anilines is 2. The number of benzene rings is 2. The maximum absolute atomic E-state index is 12.2. The molecule has 158 valence electrons. The first-order chi connectivity index (χ1) is 15.0. The molecule has 0 spiro atoms. The number of carbonyl (C=O) groups excluding carboxylic acids is 3. The average molecular weight is 419 g/mol. The second-order valence-electron chi connectivity index (χ2n) is 6.51. The summed E-state index contributed by atoms with van der Waals surface area (Å²) in [7, 11) is 1.45. The Bertz CT molecular complexity index is 1150. The molecule has 8 heteroatoms. The zero-order valence-electron chi connectivity index (χ0n) is 17.0. The second kappa shape index (κ2) is 10.0. The van der Waals surface area contributed by atoms with Crippen LogP contribution >= 0.6 is 0 Å². The number of ether oxygens (including phenoxy) is 2. The molecule has 8 nitrogen and oxygen atoms in total. The Kier molecular flexibility index (Phi) is 6.95. The number of methoxy groups -OCH3 is 1. The molecule has 0 unspecified atom stereocenters. The highest BCUT2D eigenvalue weighted by atomic mass is 16.5. The van der Waals surface area contributed by atoms with Crippen molar-refractivity contribution in [2.45, 2.75) is 6.92 Å². The van der Waals surface area contributed by atoms with Crippen LogP contribution in [0.1, 0.15) is 12.5 Å². The van der Waals surface area contributed by atoms with Gasteiger partial charge in [0.15, 0.2) is 6.61 Å². The van der Waals surface area contributed by atoms with Crippen LogP contribution in [0.5, 0.6) is 5.75 Å². The number of aromatic nitrogens is 1. The van der Waals surface area contributed by atoms with Gasteiger partial charge in [0, 0.05) is 35.8 Å². The van der Waals surface area contributed by atoms with E-state index in [9.17, 15) is 14.4 Å². The van der Waals surface area contributed by atoms with Gasteiger partial charge in [-0.15, -0.1) is 0 Å². The molecule has 3 rings (SSSR count). The molecule has 0 radical (unpaired) electrons. The van der Waals surface area contributed by atoms with Crippen molar-refractivity contribution in [3.8, 4) is 5.75 Å². The molecule has 0 fully saturated rings. The van der Waals surface area contributed by atoms with Gasteiger partial charge in [0.1, 0.15) is 5.75 Å². The Morgan fingerprint density at radius 2 is 1.87 bits per heavy atom. The summed E-state index contributed by atoms with van der Waals surface area (Å²) in [4.78, 5) is 39.8. The van der Waals surface area contributed by atoms with E-state index in [1.807, 2.05) is 30.3 Å². The first kappa shape index (κ1) is 21.5. The van der Waals surface area contributed by atoms with Crippen LogP contribution in [0.2, 0.25) is 0 Å². The SMILES string of the molecule is COc1ccc(NC(C)=O)cc1NC(=O)COC(=O)/C=C\c1cccc2cccnc12. The van der Waals surface area contributed by atoms with Gasteiger partial charge in [-0.25, -0.2) is 4.79 Å². The molecule has 0 aliphatic heterocycles. The van der Waals surface area contributed by atoms with Crippen LogP contribution in [0, 0.1) is 0 Å². The molecule has 2 amide bonds. The number of hydrogen-bond donors (Lipinski definition) is 2. The third kappa shape index (κ3) is 5.89. The lowest BCUT2D eigenvalue weighted by atomic mass is 10.1. The molecule has 2 aromatic carbocycles. The summed E-state index contributed by atoms with van der Waals surface area (Å²) in [6.45, 7) is 0.897. The predicted octanol–water partition coefficient (Wildman–Crippen LogP) is 3.40. The fraction of sp³-hybridized carbons (Fsp3) is 0.130. The standard InChI is InChI=1S/C23H21N3O5/c1-15(27)25-18-9-10-20(30-2)19(13-18)26-21(28)14-31-22(29)11-8-17-6-3-5-16-7-4-12-24-23(16)17/h3-13H,14H2,1-2H3,(H,25,27)(H,26,28)/b11-8-. The summed E-state index contributed by atoms with van der Waals surface area (Å²) < 4.78 is 10.2. The quantitative estimate of drug-likeness (QED) is 0.449. The van der Waals surface area contributed by atoms with Crippen molar-refractivity contribution < 1.29 is 23.9 Å². The molecule has 0 saturated carbocycles. The van der Waals surface area contributed by atoms with Crippen LogP contribution in [0.3, 0.4) is 0 Å². The Morgan fingerprint density at radius 3 is 2.65 bits per heavy atom. The number of carbonyl (C=O) groups is 3. The minimum absolute atomic E-state index is 0.246. The van der Waals surface area contributed by atoms with Gasteiger partial charge in [-0.3, -0.25) is 14.6 Å². The van der Waals surface area contributed by atoms with Gasteiger partial charge in [0.05, 0.1) is 18.3 Å². The zero-order valence-corrected chi connectivity index (χ0v) is 17.0. The monoisotopic (exact) mass is 419 g/mol. The lowest BCUT2D eigenvalue weighted by molar-refractivity contribution is -0.142. The molecule has 31 heavy (non-hydrogen) atoms. The fourth-order valence-corrected chi connectivity index (χ4v) is 2.88. The minimum Gasteiger partial charge on any atom is -0.495 e. The van der Waals surface area contributed by atoms with E-state index in [-0.39, 0.29) is 5.91 Å². The largest absolute Gasteiger partial charge is 0.495 e. The molecular formula is C23H21N3O5. The highest BCUT2D eigenvalue weighted by Gasteiger charge is 2.11. The number of amides is 2. The molecule has 0 aliphatic carbocycles. The summed E-state index contributed by atoms with van der Waals surface area (Å²) in [5, 5.41) is 6.17. The van der Waals surface area contributed by atoms with E-state index in [4.69, 9.17) is 9.47 Å². The maximum Gasteiger partial charge on any atom is 0.331 e. The van der Waals surface area contributed by atoms with E-state index in [0.29, 0.717) is 17.1 Å². The molecule has 0 saturated heterocycles. The van der Waals surface area contributed by atoms with Crippen LogP contribution in [0.25, 0.3) is 17.0 Å². The molecule has 1 heterocycles. The predicted molar refractivity (Wildman–Crippen MR) is 118 cm³/mol. The summed E-state index contributed by atoms with van der Waals surface area (Å²) in [6.07, 6.45) is 4.52. The first-order valence-corrected chi connectivity index (χ1v) is 9.40. The minimum atomic E-state index is -0.665. The number of para-hydroxylation sites is 1. The van der Waals surface area contributed by atoms with E-state index >= 15 is 0 Å². The van der Waals surface area contributed by atoms with E-state index in [1.165, 1.54) is 20.1 Å².